The molecular formula is C19H26O2Si. The molecule has 0 aliphatic rings. The van der Waals surface area contributed by atoms with E-state index in [-0.39, 0.29) is 18.1 Å². The first kappa shape index (κ1) is 16.9. The second kappa shape index (κ2) is 7.23. The molecule has 0 unspecified atom stereocenters. The van der Waals surface area contributed by atoms with Crippen LogP contribution in [0.1, 0.15) is 18.6 Å². The van der Waals surface area contributed by atoms with Gasteiger partial charge in [-0.1, -0.05) is 85.9 Å². The molecule has 3 heteroatoms. The summed E-state index contributed by atoms with van der Waals surface area (Å²) >= 11 is 0. The number of aliphatic hydroxyl groups is 2. The van der Waals surface area contributed by atoms with Crippen molar-refractivity contribution in [3.05, 3.63) is 66.2 Å². The third-order valence-electron chi connectivity index (χ3n) is 5.06. The largest absolute Gasteiger partial charge is 0.396 e. The highest BCUT2D eigenvalue weighted by Gasteiger charge is 2.38. The van der Waals surface area contributed by atoms with Gasteiger partial charge in [-0.2, -0.15) is 0 Å². The quantitative estimate of drug-likeness (QED) is 0.803. The van der Waals surface area contributed by atoms with Gasteiger partial charge < -0.3 is 10.2 Å². The van der Waals surface area contributed by atoms with Crippen molar-refractivity contribution < 1.29 is 10.2 Å². The van der Waals surface area contributed by atoms with Crippen LogP contribution >= 0.6 is 0 Å². The Morgan fingerprint density at radius 2 is 1.41 bits per heavy atom. The Balaban J connectivity index is 2.27. The fraction of sp³-hybridized carbons (Fsp3) is 0.368. The molecule has 118 valence electrons. The van der Waals surface area contributed by atoms with Crippen molar-refractivity contribution in [1.29, 1.82) is 0 Å². The van der Waals surface area contributed by atoms with E-state index in [1.165, 1.54) is 5.19 Å². The Morgan fingerprint density at radius 3 is 1.91 bits per heavy atom. The molecule has 2 rings (SSSR count). The van der Waals surface area contributed by atoms with Crippen LogP contribution in [0.4, 0.5) is 0 Å². The van der Waals surface area contributed by atoms with Crippen molar-refractivity contribution >= 4 is 13.3 Å². The first-order valence-corrected chi connectivity index (χ1v) is 11.0. The molecule has 0 aliphatic carbocycles. The molecule has 2 N–H and O–H groups in total. The fourth-order valence-electron chi connectivity index (χ4n) is 3.09. The van der Waals surface area contributed by atoms with Crippen molar-refractivity contribution in [3.8, 4) is 0 Å². The van der Waals surface area contributed by atoms with Crippen LogP contribution in [0.2, 0.25) is 18.6 Å². The first-order chi connectivity index (χ1) is 10.5. The second-order valence-electron chi connectivity index (χ2n) is 6.58. The zero-order valence-corrected chi connectivity index (χ0v) is 14.6. The highest BCUT2D eigenvalue weighted by Crippen LogP contribution is 2.37. The zero-order valence-electron chi connectivity index (χ0n) is 13.6. The number of benzene rings is 2. The summed E-state index contributed by atoms with van der Waals surface area (Å²) < 4.78 is 0. The molecule has 22 heavy (non-hydrogen) atoms. The van der Waals surface area contributed by atoms with Crippen LogP contribution in [-0.4, -0.2) is 24.9 Å². The summed E-state index contributed by atoms with van der Waals surface area (Å²) in [6.07, 6.45) is -0.628. The molecule has 0 bridgehead atoms. The lowest BCUT2D eigenvalue weighted by molar-refractivity contribution is 0.0637. The molecule has 3 atom stereocenters. The first-order valence-electron chi connectivity index (χ1n) is 7.88. The molecule has 0 amide bonds. The van der Waals surface area contributed by atoms with Gasteiger partial charge in [0, 0.05) is 12.5 Å². The van der Waals surface area contributed by atoms with Crippen molar-refractivity contribution in [1.82, 2.24) is 0 Å². The van der Waals surface area contributed by atoms with E-state index >= 15 is 0 Å². The molecule has 0 aromatic heterocycles. The average molecular weight is 315 g/mol. The molecule has 2 aromatic rings. The molecule has 0 saturated heterocycles. The Kier molecular flexibility index (Phi) is 5.56. The van der Waals surface area contributed by atoms with Gasteiger partial charge >= 0.3 is 0 Å². The van der Waals surface area contributed by atoms with E-state index < -0.39 is 14.2 Å². The summed E-state index contributed by atoms with van der Waals surface area (Å²) in [6, 6.07) is 20.2. The minimum absolute atomic E-state index is 0.000487. The molecule has 0 saturated carbocycles. The van der Waals surface area contributed by atoms with Crippen LogP contribution in [0, 0.1) is 5.92 Å². The Bertz CT molecular complexity index is 569. The van der Waals surface area contributed by atoms with Gasteiger partial charge in [0.25, 0.3) is 0 Å². The summed E-state index contributed by atoms with van der Waals surface area (Å²) in [5, 5.41) is 22.0. The third-order valence-corrected chi connectivity index (χ3v) is 9.58. The molecule has 0 heterocycles. The Morgan fingerprint density at radius 1 is 0.909 bits per heavy atom. The number of hydrogen-bond acceptors (Lipinski definition) is 2. The van der Waals surface area contributed by atoms with Crippen molar-refractivity contribution in [2.75, 3.05) is 6.61 Å². The fourth-order valence-corrected chi connectivity index (χ4v) is 6.03. The van der Waals surface area contributed by atoms with E-state index in [1.54, 1.807) is 0 Å². The van der Waals surface area contributed by atoms with E-state index in [4.69, 9.17) is 0 Å². The van der Waals surface area contributed by atoms with E-state index in [9.17, 15) is 10.2 Å². The molecule has 0 spiro atoms. The van der Waals surface area contributed by atoms with Crippen LogP contribution in [0.15, 0.2) is 60.7 Å². The van der Waals surface area contributed by atoms with Crippen LogP contribution in [0.25, 0.3) is 0 Å². The van der Waals surface area contributed by atoms with E-state index in [2.05, 4.69) is 44.3 Å². The van der Waals surface area contributed by atoms with E-state index in [0.29, 0.717) is 0 Å². The summed E-state index contributed by atoms with van der Waals surface area (Å²) in [5.74, 6) is -0.149. The normalized spacial score (nSPS) is 16.0. The Hall–Kier alpha value is -1.42. The zero-order chi connectivity index (χ0) is 16.2. The molecule has 0 radical (unpaired) electrons. The summed E-state index contributed by atoms with van der Waals surface area (Å²) in [7, 11) is -1.78. The van der Waals surface area contributed by atoms with Gasteiger partial charge in [-0.3, -0.25) is 0 Å². The van der Waals surface area contributed by atoms with Crippen LogP contribution in [-0.2, 0) is 0 Å². The van der Waals surface area contributed by atoms with E-state index in [0.717, 1.165) is 5.56 Å². The van der Waals surface area contributed by atoms with Crippen LogP contribution in [0.3, 0.4) is 0 Å². The van der Waals surface area contributed by atoms with Gasteiger partial charge in [0.05, 0.1) is 14.2 Å². The lowest BCUT2D eigenvalue weighted by Gasteiger charge is -2.37. The summed E-state index contributed by atoms with van der Waals surface area (Å²) in [4.78, 5) is 0. The SMILES string of the molecule is C[C@@H]([C@@H](CO)[C@H](O)c1ccccc1)[Si](C)(C)c1ccccc1. The maximum atomic E-state index is 10.7. The van der Waals surface area contributed by atoms with Gasteiger partial charge in [0.2, 0.25) is 0 Å². The van der Waals surface area contributed by atoms with E-state index in [1.807, 2.05) is 36.4 Å². The average Bonchev–Trinajstić information content (AvgIpc) is 2.57. The molecule has 0 fully saturated rings. The maximum absolute atomic E-state index is 10.7. The van der Waals surface area contributed by atoms with Crippen molar-refractivity contribution in [2.24, 2.45) is 5.92 Å². The monoisotopic (exact) mass is 314 g/mol. The predicted molar refractivity (Wildman–Crippen MR) is 95.0 cm³/mol. The highest BCUT2D eigenvalue weighted by atomic mass is 28.3. The van der Waals surface area contributed by atoms with Crippen molar-refractivity contribution in [2.45, 2.75) is 31.7 Å². The lowest BCUT2D eigenvalue weighted by atomic mass is 9.94. The smallest absolute Gasteiger partial charge is 0.0840 e. The number of rotatable bonds is 6. The minimum Gasteiger partial charge on any atom is -0.396 e. The number of aliphatic hydroxyl groups excluding tert-OH is 2. The van der Waals surface area contributed by atoms with Gasteiger partial charge in [-0.15, -0.1) is 0 Å². The highest BCUT2D eigenvalue weighted by molar-refractivity contribution is 6.91. The Labute approximate surface area is 134 Å². The third kappa shape index (κ3) is 3.49. The lowest BCUT2D eigenvalue weighted by Crippen LogP contribution is -2.48. The molecule has 0 aliphatic heterocycles. The minimum atomic E-state index is -1.78. The van der Waals surface area contributed by atoms with Crippen LogP contribution in [0.5, 0.6) is 0 Å². The van der Waals surface area contributed by atoms with Gasteiger partial charge in [-0.05, 0) is 11.1 Å². The molecular weight excluding hydrogens is 288 g/mol. The van der Waals surface area contributed by atoms with Crippen molar-refractivity contribution in [3.63, 3.8) is 0 Å². The second-order valence-corrected chi connectivity index (χ2v) is 11.5. The molecule has 2 nitrogen and oxygen atoms in total. The van der Waals surface area contributed by atoms with Gasteiger partial charge in [0.15, 0.2) is 0 Å². The van der Waals surface area contributed by atoms with Gasteiger partial charge in [-0.25, -0.2) is 0 Å². The predicted octanol–water partition coefficient (Wildman–Crippen LogP) is 3.33. The van der Waals surface area contributed by atoms with Crippen LogP contribution < -0.4 is 5.19 Å². The number of hydrogen-bond donors (Lipinski definition) is 2. The standard InChI is InChI=1S/C19H26O2Si/c1-15(22(2,3)17-12-8-5-9-13-17)18(14-20)19(21)16-10-6-4-7-11-16/h4-13,15,18-21H,14H2,1-3H3/t15-,18+,19+/m0/s1. The molecule has 2 aromatic carbocycles. The summed E-state index contributed by atoms with van der Waals surface area (Å²) in [6.45, 7) is 6.80. The van der Waals surface area contributed by atoms with Gasteiger partial charge in [0.1, 0.15) is 0 Å². The maximum Gasteiger partial charge on any atom is 0.0840 e. The topological polar surface area (TPSA) is 40.5 Å². The summed E-state index contributed by atoms with van der Waals surface area (Å²) in [5.41, 5.74) is 1.14.